The summed E-state index contributed by atoms with van der Waals surface area (Å²) < 4.78 is 11.4. The van der Waals surface area contributed by atoms with Gasteiger partial charge in [-0.1, -0.05) is 18.2 Å². The minimum Gasteiger partial charge on any atom is -0.474 e. The van der Waals surface area contributed by atoms with Gasteiger partial charge in [-0.05, 0) is 26.0 Å². The normalized spacial score (nSPS) is 14.5. The lowest BCUT2D eigenvalue weighted by atomic mass is 10.1. The van der Waals surface area contributed by atoms with Gasteiger partial charge < -0.3 is 14.4 Å². The van der Waals surface area contributed by atoms with Crippen LogP contribution < -0.4 is 9.64 Å². The third-order valence-corrected chi connectivity index (χ3v) is 4.92. The molecule has 4 rings (SSSR count). The van der Waals surface area contributed by atoms with E-state index in [1.165, 1.54) is 6.33 Å². The molecular weight excluding hydrogens is 396 g/mol. The van der Waals surface area contributed by atoms with Crippen LogP contribution in [0.1, 0.15) is 26.7 Å². The van der Waals surface area contributed by atoms with E-state index in [4.69, 9.17) is 9.47 Å². The van der Waals surface area contributed by atoms with E-state index in [1.807, 2.05) is 61.2 Å². The fourth-order valence-corrected chi connectivity index (χ4v) is 3.46. The van der Waals surface area contributed by atoms with Crippen molar-refractivity contribution in [3.8, 4) is 5.88 Å². The lowest BCUT2D eigenvalue weighted by molar-refractivity contribution is 0.0507. The van der Waals surface area contributed by atoms with Crippen molar-refractivity contribution in [3.63, 3.8) is 0 Å². The number of anilines is 3. The van der Waals surface area contributed by atoms with Gasteiger partial charge in [-0.25, -0.2) is 14.8 Å². The molecule has 9 heteroatoms. The first kappa shape index (κ1) is 20.6. The quantitative estimate of drug-likeness (QED) is 0.640. The number of piperidine rings is 1. The highest BCUT2D eigenvalue weighted by Gasteiger charge is 2.26. The van der Waals surface area contributed by atoms with Crippen molar-refractivity contribution in [3.05, 3.63) is 55.0 Å². The van der Waals surface area contributed by atoms with Gasteiger partial charge in [-0.2, -0.15) is 5.10 Å². The molecule has 0 saturated carbocycles. The summed E-state index contributed by atoms with van der Waals surface area (Å²) in [6.45, 7) is 4.89. The van der Waals surface area contributed by atoms with Crippen LogP contribution in [-0.4, -0.2) is 56.5 Å². The standard InChI is InChI=1S/C22H26N6O3/c1-16(2)30-22(29)27-12-9-18(10-13-27)31-21-14-20(23-15-24-21)28(19-8-11-25-26-19)17-6-4-3-5-7-17/h3-8,11,14-16,18H,9-10,12-13H2,1-2H3,(H,25,26). The average molecular weight is 422 g/mol. The summed E-state index contributed by atoms with van der Waals surface area (Å²) in [5.41, 5.74) is 0.938. The fourth-order valence-electron chi connectivity index (χ4n) is 3.46. The van der Waals surface area contributed by atoms with Gasteiger partial charge in [0.2, 0.25) is 5.88 Å². The van der Waals surface area contributed by atoms with Crippen LogP contribution in [0.25, 0.3) is 0 Å². The smallest absolute Gasteiger partial charge is 0.410 e. The maximum atomic E-state index is 12.1. The zero-order chi connectivity index (χ0) is 21.6. The molecule has 0 unspecified atom stereocenters. The second-order valence-electron chi connectivity index (χ2n) is 7.56. The van der Waals surface area contributed by atoms with Gasteiger partial charge in [0.1, 0.15) is 24.1 Å². The predicted octanol–water partition coefficient (Wildman–Crippen LogP) is 4.06. The molecule has 31 heavy (non-hydrogen) atoms. The summed E-state index contributed by atoms with van der Waals surface area (Å²) >= 11 is 0. The topological polar surface area (TPSA) is 96.5 Å². The Morgan fingerprint density at radius 1 is 1.16 bits per heavy atom. The number of aromatic amines is 1. The number of carbonyl (C=O) groups excluding carboxylic acids is 1. The summed E-state index contributed by atoms with van der Waals surface area (Å²) in [4.78, 5) is 24.5. The first-order chi connectivity index (χ1) is 15.1. The van der Waals surface area contributed by atoms with Crippen molar-refractivity contribution in [2.45, 2.75) is 38.9 Å². The highest BCUT2D eigenvalue weighted by Crippen LogP contribution is 2.32. The molecule has 9 nitrogen and oxygen atoms in total. The number of nitrogens with zero attached hydrogens (tertiary/aromatic N) is 5. The van der Waals surface area contributed by atoms with Crippen LogP contribution in [0, 0.1) is 0 Å². The highest BCUT2D eigenvalue weighted by molar-refractivity contribution is 5.72. The van der Waals surface area contributed by atoms with Gasteiger partial charge in [0.15, 0.2) is 0 Å². The molecule has 0 bridgehead atoms. The van der Waals surface area contributed by atoms with Crippen LogP contribution >= 0.6 is 0 Å². The molecule has 1 aromatic carbocycles. The van der Waals surface area contributed by atoms with Crippen LogP contribution in [0.3, 0.4) is 0 Å². The molecule has 0 atom stereocenters. The Morgan fingerprint density at radius 2 is 1.94 bits per heavy atom. The molecule has 0 radical (unpaired) electrons. The van der Waals surface area contributed by atoms with E-state index in [1.54, 1.807) is 11.1 Å². The number of ether oxygens (including phenoxy) is 2. The zero-order valence-electron chi connectivity index (χ0n) is 17.6. The number of aromatic nitrogens is 4. The molecule has 2 aromatic heterocycles. The zero-order valence-corrected chi connectivity index (χ0v) is 17.6. The molecule has 3 heterocycles. The van der Waals surface area contributed by atoms with Crippen LogP contribution in [0.15, 0.2) is 55.0 Å². The van der Waals surface area contributed by atoms with E-state index in [0.29, 0.717) is 24.8 Å². The van der Waals surface area contributed by atoms with Crippen LogP contribution in [0.5, 0.6) is 5.88 Å². The lowest BCUT2D eigenvalue weighted by Crippen LogP contribution is -2.42. The SMILES string of the molecule is CC(C)OC(=O)N1CCC(Oc2cc(N(c3ccccc3)c3ccn[nH]3)ncn2)CC1. The van der Waals surface area contributed by atoms with E-state index in [2.05, 4.69) is 20.2 Å². The largest absolute Gasteiger partial charge is 0.474 e. The summed E-state index contributed by atoms with van der Waals surface area (Å²) in [6, 6.07) is 13.6. The molecule has 0 spiro atoms. The van der Waals surface area contributed by atoms with Crippen LogP contribution in [0.2, 0.25) is 0 Å². The summed E-state index contributed by atoms with van der Waals surface area (Å²) in [5, 5.41) is 7.05. The predicted molar refractivity (Wildman–Crippen MR) is 116 cm³/mol. The number of amides is 1. The number of benzene rings is 1. The Kier molecular flexibility index (Phi) is 6.30. The van der Waals surface area contributed by atoms with E-state index in [0.717, 1.165) is 24.3 Å². The molecule has 1 aliphatic heterocycles. The number of hydrogen-bond acceptors (Lipinski definition) is 7. The molecule has 0 aliphatic carbocycles. The fraction of sp³-hybridized carbons (Fsp3) is 0.364. The van der Waals surface area contributed by atoms with E-state index in [9.17, 15) is 4.79 Å². The Bertz CT molecular complexity index is 972. The van der Waals surface area contributed by atoms with Gasteiger partial charge in [0, 0.05) is 43.8 Å². The van der Waals surface area contributed by atoms with Gasteiger partial charge >= 0.3 is 6.09 Å². The average Bonchev–Trinajstić information content (AvgIpc) is 3.29. The number of likely N-dealkylation sites (tertiary alicyclic amines) is 1. The monoisotopic (exact) mass is 422 g/mol. The number of carbonyl (C=O) groups is 1. The molecule has 1 saturated heterocycles. The van der Waals surface area contributed by atoms with Crippen molar-refractivity contribution in [1.29, 1.82) is 0 Å². The summed E-state index contributed by atoms with van der Waals surface area (Å²) in [6.07, 6.45) is 4.21. The van der Waals surface area contributed by atoms with E-state index in [-0.39, 0.29) is 18.3 Å². The van der Waals surface area contributed by atoms with Crippen LogP contribution in [0.4, 0.5) is 22.1 Å². The molecule has 1 fully saturated rings. The third-order valence-electron chi connectivity index (χ3n) is 4.92. The van der Waals surface area contributed by atoms with Crippen molar-refractivity contribution in [1.82, 2.24) is 25.1 Å². The molecule has 1 aliphatic rings. The minimum atomic E-state index is -0.268. The maximum absolute atomic E-state index is 12.1. The Balaban J connectivity index is 1.46. The molecule has 1 amide bonds. The molecule has 3 aromatic rings. The van der Waals surface area contributed by atoms with E-state index < -0.39 is 0 Å². The Hall–Kier alpha value is -3.62. The van der Waals surface area contributed by atoms with Crippen molar-refractivity contribution in [2.24, 2.45) is 0 Å². The summed E-state index contributed by atoms with van der Waals surface area (Å²) in [7, 11) is 0. The molecule has 1 N–H and O–H groups in total. The highest BCUT2D eigenvalue weighted by atomic mass is 16.6. The number of rotatable bonds is 6. The first-order valence-electron chi connectivity index (χ1n) is 10.4. The van der Waals surface area contributed by atoms with Crippen molar-refractivity contribution >= 4 is 23.4 Å². The number of H-pyrrole nitrogens is 1. The number of hydrogen-bond donors (Lipinski definition) is 1. The Morgan fingerprint density at radius 3 is 2.61 bits per heavy atom. The van der Waals surface area contributed by atoms with Gasteiger partial charge in [-0.3, -0.25) is 10.00 Å². The van der Waals surface area contributed by atoms with Gasteiger partial charge in [-0.15, -0.1) is 0 Å². The third kappa shape index (κ3) is 5.11. The second-order valence-corrected chi connectivity index (χ2v) is 7.56. The number of para-hydroxylation sites is 1. The lowest BCUT2D eigenvalue weighted by Gasteiger charge is -2.31. The summed E-state index contributed by atoms with van der Waals surface area (Å²) in [5.74, 6) is 1.94. The van der Waals surface area contributed by atoms with Crippen LogP contribution in [-0.2, 0) is 4.74 Å². The number of nitrogens with one attached hydrogen (secondary N) is 1. The molecule has 162 valence electrons. The maximum Gasteiger partial charge on any atom is 0.410 e. The van der Waals surface area contributed by atoms with Gasteiger partial charge in [0.25, 0.3) is 0 Å². The molecular formula is C22H26N6O3. The second kappa shape index (κ2) is 9.46. The first-order valence-corrected chi connectivity index (χ1v) is 10.4. The van der Waals surface area contributed by atoms with E-state index >= 15 is 0 Å². The van der Waals surface area contributed by atoms with Gasteiger partial charge in [0.05, 0.1) is 12.3 Å². The minimum absolute atomic E-state index is 0.0248. The van der Waals surface area contributed by atoms with Crippen molar-refractivity contribution in [2.75, 3.05) is 18.0 Å². The Labute approximate surface area is 181 Å². The van der Waals surface area contributed by atoms with Crippen molar-refractivity contribution < 1.29 is 14.3 Å².